The van der Waals surface area contributed by atoms with Gasteiger partial charge in [0.05, 0.1) is 10.0 Å². The van der Waals surface area contributed by atoms with Crippen molar-refractivity contribution in [3.05, 3.63) is 53.1 Å². The van der Waals surface area contributed by atoms with E-state index in [0.29, 0.717) is 30.5 Å². The Labute approximate surface area is 166 Å². The number of rotatable bonds is 4. The van der Waals surface area contributed by atoms with Crippen LogP contribution in [0.15, 0.2) is 53.0 Å². The molecule has 1 aliphatic heterocycles. The smallest absolute Gasteiger partial charge is 0.252 e. The van der Waals surface area contributed by atoms with Gasteiger partial charge < -0.3 is 4.90 Å². The lowest BCUT2D eigenvalue weighted by atomic mass is 10.2. The van der Waals surface area contributed by atoms with Gasteiger partial charge in [-0.15, -0.1) is 21.5 Å². The number of anilines is 1. The minimum absolute atomic E-state index is 0.280. The van der Waals surface area contributed by atoms with Gasteiger partial charge in [-0.25, -0.2) is 8.42 Å². The molecule has 1 aliphatic rings. The summed E-state index contributed by atoms with van der Waals surface area (Å²) in [7, 11) is -3.49. The van der Waals surface area contributed by atoms with Gasteiger partial charge in [0.1, 0.15) is 4.21 Å². The maximum atomic E-state index is 12.7. The van der Waals surface area contributed by atoms with E-state index in [4.69, 9.17) is 11.6 Å². The zero-order valence-corrected chi connectivity index (χ0v) is 16.6. The first-order chi connectivity index (χ1) is 13.0. The van der Waals surface area contributed by atoms with Crippen molar-refractivity contribution < 1.29 is 8.42 Å². The highest BCUT2D eigenvalue weighted by Crippen LogP contribution is 2.29. The van der Waals surface area contributed by atoms with Crippen LogP contribution in [0.3, 0.4) is 0 Å². The van der Waals surface area contributed by atoms with Crippen molar-refractivity contribution in [2.75, 3.05) is 31.1 Å². The summed E-state index contributed by atoms with van der Waals surface area (Å²) in [6.45, 7) is 1.90. The van der Waals surface area contributed by atoms with E-state index >= 15 is 0 Å². The highest BCUT2D eigenvalue weighted by atomic mass is 35.5. The third-order valence-corrected chi connectivity index (χ3v) is 7.93. The molecule has 27 heavy (non-hydrogen) atoms. The zero-order chi connectivity index (χ0) is 18.9. The van der Waals surface area contributed by atoms with Crippen LogP contribution in [-0.2, 0) is 10.0 Å². The summed E-state index contributed by atoms with van der Waals surface area (Å²) >= 11 is 6.95. The van der Waals surface area contributed by atoms with Gasteiger partial charge in [-0.3, -0.25) is 4.98 Å². The molecule has 0 amide bonds. The van der Waals surface area contributed by atoms with Gasteiger partial charge in [-0.1, -0.05) is 11.6 Å². The van der Waals surface area contributed by atoms with Gasteiger partial charge in [-0.05, 0) is 36.4 Å². The number of nitrogens with zero attached hydrogens (tertiary/aromatic N) is 5. The van der Waals surface area contributed by atoms with Gasteiger partial charge in [0, 0.05) is 44.1 Å². The summed E-state index contributed by atoms with van der Waals surface area (Å²) < 4.78 is 27.6. The summed E-state index contributed by atoms with van der Waals surface area (Å²) in [5.74, 6) is 0.740. The number of hydrogen-bond acceptors (Lipinski definition) is 7. The van der Waals surface area contributed by atoms with Crippen LogP contribution in [0.2, 0.25) is 4.34 Å². The number of sulfonamides is 1. The van der Waals surface area contributed by atoms with E-state index < -0.39 is 10.0 Å². The van der Waals surface area contributed by atoms with E-state index in [1.165, 1.54) is 4.31 Å². The molecule has 3 aromatic heterocycles. The number of aromatic nitrogens is 3. The number of halogens is 1. The quantitative estimate of drug-likeness (QED) is 0.644. The predicted octanol–water partition coefficient (Wildman–Crippen LogP) is 2.76. The summed E-state index contributed by atoms with van der Waals surface area (Å²) in [4.78, 5) is 6.03. The second-order valence-corrected chi connectivity index (χ2v) is 9.84. The minimum atomic E-state index is -3.49. The topological polar surface area (TPSA) is 79.3 Å². The van der Waals surface area contributed by atoms with Gasteiger partial charge >= 0.3 is 0 Å². The Hall–Kier alpha value is -2.07. The zero-order valence-electron chi connectivity index (χ0n) is 14.2. The van der Waals surface area contributed by atoms with Crippen LogP contribution in [0.25, 0.3) is 11.3 Å². The molecule has 4 rings (SSSR count). The molecule has 0 aliphatic carbocycles. The second kappa shape index (κ2) is 7.51. The first-order valence-corrected chi connectivity index (χ1v) is 10.9. The molecule has 0 aromatic carbocycles. The Morgan fingerprint density at radius 1 is 0.926 bits per heavy atom. The van der Waals surface area contributed by atoms with Crippen molar-refractivity contribution in [2.45, 2.75) is 4.21 Å². The molecule has 4 heterocycles. The summed E-state index contributed by atoms with van der Waals surface area (Å²) in [6.07, 6.45) is 3.43. The highest BCUT2D eigenvalue weighted by molar-refractivity contribution is 7.91. The van der Waals surface area contributed by atoms with E-state index in [1.54, 1.807) is 24.5 Å². The van der Waals surface area contributed by atoms with E-state index in [-0.39, 0.29) is 4.21 Å². The summed E-state index contributed by atoms with van der Waals surface area (Å²) in [5, 5.41) is 8.58. The van der Waals surface area contributed by atoms with Gasteiger partial charge in [0.25, 0.3) is 10.0 Å². The lowest BCUT2D eigenvalue weighted by Crippen LogP contribution is -2.48. The molecule has 0 bridgehead atoms. The minimum Gasteiger partial charge on any atom is -0.352 e. The molecule has 3 aromatic rings. The molecule has 0 radical (unpaired) electrons. The lowest BCUT2D eigenvalue weighted by molar-refractivity contribution is 0.384. The Bertz CT molecular complexity index is 1020. The largest absolute Gasteiger partial charge is 0.352 e. The standard InChI is InChI=1S/C17H16ClN5O2S2/c18-15-2-4-17(26-15)27(24,25)23-11-9-22(10-12-23)16-3-1-14(20-21-16)13-5-7-19-8-6-13/h1-8H,9-12H2. The fraction of sp³-hybridized carbons (Fsp3) is 0.235. The van der Waals surface area contributed by atoms with E-state index in [9.17, 15) is 8.42 Å². The van der Waals surface area contributed by atoms with Gasteiger partial charge in [-0.2, -0.15) is 4.31 Å². The molecule has 140 valence electrons. The Morgan fingerprint density at radius 2 is 1.67 bits per heavy atom. The van der Waals surface area contributed by atoms with Gasteiger partial charge in [0.15, 0.2) is 5.82 Å². The van der Waals surface area contributed by atoms with E-state index in [1.807, 2.05) is 29.2 Å². The average Bonchev–Trinajstić information content (AvgIpc) is 3.16. The molecule has 0 saturated carbocycles. The number of hydrogen-bond donors (Lipinski definition) is 0. The average molecular weight is 422 g/mol. The number of piperazine rings is 1. The van der Waals surface area contributed by atoms with Crippen LogP contribution < -0.4 is 4.90 Å². The van der Waals surface area contributed by atoms with Crippen molar-refractivity contribution in [1.82, 2.24) is 19.5 Å². The van der Waals surface area contributed by atoms with Crippen LogP contribution in [-0.4, -0.2) is 54.1 Å². The highest BCUT2D eigenvalue weighted by Gasteiger charge is 2.30. The molecule has 0 spiro atoms. The number of thiophene rings is 1. The maximum Gasteiger partial charge on any atom is 0.252 e. The first-order valence-electron chi connectivity index (χ1n) is 8.28. The molecule has 1 saturated heterocycles. The monoisotopic (exact) mass is 421 g/mol. The third kappa shape index (κ3) is 3.81. The first kappa shape index (κ1) is 18.3. The lowest BCUT2D eigenvalue weighted by Gasteiger charge is -2.34. The fourth-order valence-corrected chi connectivity index (χ4v) is 5.95. The Kier molecular flexibility index (Phi) is 5.09. The third-order valence-electron chi connectivity index (χ3n) is 4.33. The van der Waals surface area contributed by atoms with Crippen molar-refractivity contribution in [1.29, 1.82) is 0 Å². The predicted molar refractivity (Wildman–Crippen MR) is 106 cm³/mol. The second-order valence-electron chi connectivity index (χ2n) is 5.96. The van der Waals surface area contributed by atoms with E-state index in [2.05, 4.69) is 15.2 Å². The van der Waals surface area contributed by atoms with Crippen LogP contribution in [0, 0.1) is 0 Å². The van der Waals surface area contributed by atoms with Crippen molar-refractivity contribution in [3.8, 4) is 11.3 Å². The molecule has 0 N–H and O–H groups in total. The molecular weight excluding hydrogens is 406 g/mol. The van der Waals surface area contributed by atoms with Crippen LogP contribution >= 0.6 is 22.9 Å². The fourth-order valence-electron chi connectivity index (χ4n) is 2.89. The van der Waals surface area contributed by atoms with Crippen LogP contribution in [0.4, 0.5) is 5.82 Å². The van der Waals surface area contributed by atoms with Crippen LogP contribution in [0.5, 0.6) is 0 Å². The summed E-state index contributed by atoms with van der Waals surface area (Å²) in [6, 6.07) is 10.7. The van der Waals surface area contributed by atoms with Crippen molar-refractivity contribution in [2.24, 2.45) is 0 Å². The Morgan fingerprint density at radius 3 is 2.26 bits per heavy atom. The normalized spacial score (nSPS) is 15.8. The molecule has 1 fully saturated rings. The molecule has 10 heteroatoms. The van der Waals surface area contributed by atoms with Crippen LogP contribution in [0.1, 0.15) is 0 Å². The SMILES string of the molecule is O=S(=O)(c1ccc(Cl)s1)N1CCN(c2ccc(-c3ccncc3)nn2)CC1. The number of pyridine rings is 1. The van der Waals surface area contributed by atoms with Crippen molar-refractivity contribution in [3.63, 3.8) is 0 Å². The molecule has 0 unspecified atom stereocenters. The maximum absolute atomic E-state index is 12.7. The van der Waals surface area contributed by atoms with E-state index in [0.717, 1.165) is 28.4 Å². The molecule has 7 nitrogen and oxygen atoms in total. The summed E-state index contributed by atoms with van der Waals surface area (Å²) in [5.41, 5.74) is 1.73. The Balaban J connectivity index is 1.43. The molecular formula is C17H16ClN5O2S2. The van der Waals surface area contributed by atoms with Crippen molar-refractivity contribution >= 4 is 38.8 Å². The molecule has 0 atom stereocenters. The van der Waals surface area contributed by atoms with Gasteiger partial charge in [0.2, 0.25) is 0 Å².